The molecule has 0 saturated carbocycles. The van der Waals surface area contributed by atoms with Gasteiger partial charge in [-0.1, -0.05) is 12.1 Å². The molecule has 0 fully saturated rings. The van der Waals surface area contributed by atoms with Gasteiger partial charge in [0.15, 0.2) is 11.5 Å². The van der Waals surface area contributed by atoms with E-state index in [2.05, 4.69) is 20.9 Å². The summed E-state index contributed by atoms with van der Waals surface area (Å²) in [5, 5.41) is 9.64. The van der Waals surface area contributed by atoms with Crippen LogP contribution in [0.5, 0.6) is 11.5 Å². The molecule has 3 aromatic rings. The first kappa shape index (κ1) is 12.0. The summed E-state index contributed by atoms with van der Waals surface area (Å²) < 4.78 is 8.53. The number of aromatic nitrogens is 2. The molecule has 0 aliphatic carbocycles. The molecule has 0 spiro atoms. The van der Waals surface area contributed by atoms with E-state index in [9.17, 15) is 5.11 Å². The number of halogens is 1. The Balaban J connectivity index is 1.86. The van der Waals surface area contributed by atoms with Crippen molar-refractivity contribution in [3.8, 4) is 11.5 Å². The Morgan fingerprint density at radius 2 is 2.05 bits per heavy atom. The van der Waals surface area contributed by atoms with Crippen molar-refractivity contribution in [3.63, 3.8) is 0 Å². The van der Waals surface area contributed by atoms with Crippen LogP contribution in [0.25, 0.3) is 5.65 Å². The van der Waals surface area contributed by atoms with Gasteiger partial charge < -0.3 is 9.84 Å². The van der Waals surface area contributed by atoms with Gasteiger partial charge in [0.2, 0.25) is 0 Å². The molecule has 0 bridgehead atoms. The van der Waals surface area contributed by atoms with Gasteiger partial charge in [-0.25, -0.2) is 4.98 Å². The van der Waals surface area contributed by atoms with Crippen molar-refractivity contribution in [2.24, 2.45) is 0 Å². The number of ether oxygens (including phenoxy) is 1. The first-order chi connectivity index (χ1) is 9.24. The number of fused-ring (bicyclic) bond motifs is 1. The molecule has 3 rings (SSSR count). The van der Waals surface area contributed by atoms with Crippen LogP contribution in [0.2, 0.25) is 0 Å². The van der Waals surface area contributed by atoms with Crippen LogP contribution in [-0.2, 0) is 6.61 Å². The van der Waals surface area contributed by atoms with Gasteiger partial charge in [0.05, 0.1) is 11.9 Å². The lowest BCUT2D eigenvalue weighted by molar-refractivity contribution is 0.284. The number of rotatable bonds is 3. The van der Waals surface area contributed by atoms with E-state index in [-0.39, 0.29) is 5.75 Å². The number of benzene rings is 1. The highest BCUT2D eigenvalue weighted by molar-refractivity contribution is 9.10. The summed E-state index contributed by atoms with van der Waals surface area (Å²) in [7, 11) is 0. The van der Waals surface area contributed by atoms with Crippen LogP contribution < -0.4 is 4.74 Å². The maximum absolute atomic E-state index is 9.64. The summed E-state index contributed by atoms with van der Waals surface area (Å²) in [5.41, 5.74) is 1.78. The smallest absolute Gasteiger partial charge is 0.161 e. The van der Waals surface area contributed by atoms with Gasteiger partial charge in [0, 0.05) is 10.7 Å². The van der Waals surface area contributed by atoms with Crippen molar-refractivity contribution in [2.45, 2.75) is 6.61 Å². The van der Waals surface area contributed by atoms with Gasteiger partial charge in [-0.15, -0.1) is 0 Å². The molecule has 2 aromatic heterocycles. The van der Waals surface area contributed by atoms with Crippen LogP contribution in [0.4, 0.5) is 0 Å². The molecule has 0 amide bonds. The summed E-state index contributed by atoms with van der Waals surface area (Å²) in [5.74, 6) is 0.602. The molecule has 5 heteroatoms. The van der Waals surface area contributed by atoms with Crippen LogP contribution in [-0.4, -0.2) is 14.5 Å². The Kier molecular flexibility index (Phi) is 3.13. The largest absolute Gasteiger partial charge is 0.504 e. The highest BCUT2D eigenvalue weighted by atomic mass is 79.9. The minimum absolute atomic E-state index is 0.137. The number of nitrogens with zero attached hydrogens (tertiary/aromatic N) is 2. The number of hydrogen-bond acceptors (Lipinski definition) is 3. The number of aromatic hydroxyl groups is 1. The minimum atomic E-state index is 0.137. The molecule has 1 N–H and O–H groups in total. The summed E-state index contributed by atoms with van der Waals surface area (Å²) in [6, 6.07) is 10.8. The van der Waals surface area contributed by atoms with Crippen LogP contribution in [0.1, 0.15) is 5.69 Å². The molecule has 0 radical (unpaired) electrons. The third kappa shape index (κ3) is 2.42. The standard InChI is InChI=1S/C14H11BrN2O2/c15-10-5-6-14-16-7-11(17(14)8-10)9-19-13-4-2-1-3-12(13)18/h1-8,18H,9H2. The first-order valence-electron chi connectivity index (χ1n) is 5.76. The van der Waals surface area contributed by atoms with Gasteiger partial charge in [-0.2, -0.15) is 0 Å². The molecular formula is C14H11BrN2O2. The van der Waals surface area contributed by atoms with Crippen molar-refractivity contribution >= 4 is 21.6 Å². The van der Waals surface area contributed by atoms with E-state index < -0.39 is 0 Å². The Morgan fingerprint density at radius 3 is 2.89 bits per heavy atom. The van der Waals surface area contributed by atoms with Gasteiger partial charge in [-0.05, 0) is 40.2 Å². The van der Waals surface area contributed by atoms with Crippen molar-refractivity contribution in [2.75, 3.05) is 0 Å². The molecule has 0 saturated heterocycles. The Labute approximate surface area is 118 Å². The fraction of sp³-hybridized carbons (Fsp3) is 0.0714. The van der Waals surface area contributed by atoms with Gasteiger partial charge in [-0.3, -0.25) is 4.40 Å². The zero-order valence-electron chi connectivity index (χ0n) is 9.95. The van der Waals surface area contributed by atoms with E-state index in [1.54, 1.807) is 24.4 Å². The summed E-state index contributed by atoms with van der Waals surface area (Å²) in [6.45, 7) is 0.342. The lowest BCUT2D eigenvalue weighted by Gasteiger charge is -2.07. The highest BCUT2D eigenvalue weighted by Gasteiger charge is 2.06. The first-order valence-corrected chi connectivity index (χ1v) is 6.55. The second-order valence-electron chi connectivity index (χ2n) is 4.08. The number of para-hydroxylation sites is 2. The van der Waals surface area contributed by atoms with Crippen LogP contribution in [0.3, 0.4) is 0 Å². The maximum Gasteiger partial charge on any atom is 0.161 e. The molecular weight excluding hydrogens is 308 g/mol. The van der Waals surface area contributed by atoms with E-state index in [4.69, 9.17) is 4.74 Å². The van der Waals surface area contributed by atoms with E-state index in [0.29, 0.717) is 12.4 Å². The third-order valence-electron chi connectivity index (χ3n) is 2.79. The summed E-state index contributed by atoms with van der Waals surface area (Å²) in [4.78, 5) is 4.29. The number of hydrogen-bond donors (Lipinski definition) is 1. The number of phenolic OH excluding ortho intramolecular Hbond substituents is 1. The quantitative estimate of drug-likeness (QED) is 0.805. The number of phenols is 1. The van der Waals surface area contributed by atoms with Gasteiger partial charge >= 0.3 is 0 Å². The van der Waals surface area contributed by atoms with Crippen LogP contribution in [0.15, 0.2) is 53.3 Å². The zero-order chi connectivity index (χ0) is 13.2. The molecule has 19 heavy (non-hydrogen) atoms. The second-order valence-corrected chi connectivity index (χ2v) is 5.00. The third-order valence-corrected chi connectivity index (χ3v) is 3.26. The lowest BCUT2D eigenvalue weighted by Crippen LogP contribution is -1.99. The molecule has 0 unspecified atom stereocenters. The normalized spacial score (nSPS) is 10.8. The molecule has 0 aliphatic heterocycles. The maximum atomic E-state index is 9.64. The second kappa shape index (κ2) is 4.93. The fourth-order valence-corrected chi connectivity index (χ4v) is 2.18. The SMILES string of the molecule is Oc1ccccc1OCc1cnc2ccc(Br)cn12. The van der Waals surface area contributed by atoms with Crippen molar-refractivity contribution in [3.05, 3.63) is 59.0 Å². The fourth-order valence-electron chi connectivity index (χ4n) is 1.84. The van der Waals surface area contributed by atoms with Crippen LogP contribution in [0, 0.1) is 0 Å². The van der Waals surface area contributed by atoms with Crippen molar-refractivity contribution in [1.29, 1.82) is 0 Å². The number of pyridine rings is 1. The average molecular weight is 319 g/mol. The summed E-state index contributed by atoms with van der Waals surface area (Å²) >= 11 is 3.43. The highest BCUT2D eigenvalue weighted by Crippen LogP contribution is 2.25. The monoisotopic (exact) mass is 318 g/mol. The molecule has 0 aliphatic rings. The van der Waals surface area contributed by atoms with E-state index in [1.807, 2.05) is 28.8 Å². The Bertz CT molecular complexity index is 724. The molecule has 0 atom stereocenters. The van der Waals surface area contributed by atoms with E-state index >= 15 is 0 Å². The van der Waals surface area contributed by atoms with Gasteiger partial charge in [0.25, 0.3) is 0 Å². The summed E-state index contributed by atoms with van der Waals surface area (Å²) in [6.07, 6.45) is 3.70. The molecule has 4 nitrogen and oxygen atoms in total. The lowest BCUT2D eigenvalue weighted by atomic mass is 10.3. The average Bonchev–Trinajstić information content (AvgIpc) is 2.80. The number of imidazole rings is 1. The van der Waals surface area contributed by atoms with Crippen molar-refractivity contribution < 1.29 is 9.84 Å². The Morgan fingerprint density at radius 1 is 1.21 bits per heavy atom. The molecule has 2 heterocycles. The zero-order valence-corrected chi connectivity index (χ0v) is 11.5. The van der Waals surface area contributed by atoms with E-state index in [1.165, 1.54) is 0 Å². The predicted molar refractivity (Wildman–Crippen MR) is 75.3 cm³/mol. The van der Waals surface area contributed by atoms with Crippen molar-refractivity contribution in [1.82, 2.24) is 9.38 Å². The molecule has 96 valence electrons. The van der Waals surface area contributed by atoms with Crippen LogP contribution >= 0.6 is 15.9 Å². The molecule has 1 aromatic carbocycles. The van der Waals surface area contributed by atoms with Gasteiger partial charge in [0.1, 0.15) is 12.3 Å². The topological polar surface area (TPSA) is 46.8 Å². The predicted octanol–water partition coefficient (Wildman–Crippen LogP) is 3.38. The minimum Gasteiger partial charge on any atom is -0.504 e. The van der Waals surface area contributed by atoms with E-state index in [0.717, 1.165) is 15.8 Å². The Hall–Kier alpha value is -2.01.